The van der Waals surface area contributed by atoms with E-state index in [9.17, 15) is 4.79 Å². The fourth-order valence-electron chi connectivity index (χ4n) is 3.03. The zero-order valence-electron chi connectivity index (χ0n) is 15.2. The Morgan fingerprint density at radius 2 is 1.81 bits per heavy atom. The minimum atomic E-state index is -0.299. The average Bonchev–Trinajstić information content (AvgIpc) is 2.98. The average molecular weight is 356 g/mol. The van der Waals surface area contributed by atoms with Gasteiger partial charge in [-0.25, -0.2) is 9.97 Å². The van der Waals surface area contributed by atoms with Gasteiger partial charge in [0.25, 0.3) is 5.91 Å². The summed E-state index contributed by atoms with van der Waals surface area (Å²) < 4.78 is 10.5. The van der Waals surface area contributed by atoms with Gasteiger partial charge < -0.3 is 19.7 Å². The van der Waals surface area contributed by atoms with Gasteiger partial charge in [-0.15, -0.1) is 0 Å². The van der Waals surface area contributed by atoms with Crippen LogP contribution in [0.4, 0.5) is 11.5 Å². The molecule has 0 saturated carbocycles. The van der Waals surface area contributed by atoms with Crippen LogP contribution in [0.15, 0.2) is 30.6 Å². The standard InChI is InChI=1S/C19H24N4O3/c1-25-14-7-8-15(17(11-14)26-2)22-19(24)16-12-18(21-13-20-16)23-9-5-3-4-6-10-23/h7-8,11-13H,3-6,9-10H2,1-2H3,(H,22,24). The van der Waals surface area contributed by atoms with Crippen LogP contribution in [0.5, 0.6) is 11.5 Å². The number of ether oxygens (including phenoxy) is 2. The molecule has 3 rings (SSSR count). The second-order valence-corrected chi connectivity index (χ2v) is 6.18. The fourth-order valence-corrected chi connectivity index (χ4v) is 3.03. The summed E-state index contributed by atoms with van der Waals surface area (Å²) in [6, 6.07) is 6.97. The summed E-state index contributed by atoms with van der Waals surface area (Å²) in [6.45, 7) is 1.93. The van der Waals surface area contributed by atoms with Crippen molar-refractivity contribution in [2.45, 2.75) is 25.7 Å². The highest BCUT2D eigenvalue weighted by Gasteiger charge is 2.16. The van der Waals surface area contributed by atoms with E-state index in [1.807, 2.05) is 0 Å². The van der Waals surface area contributed by atoms with Crippen molar-refractivity contribution >= 4 is 17.4 Å². The van der Waals surface area contributed by atoms with E-state index in [0.29, 0.717) is 22.9 Å². The van der Waals surface area contributed by atoms with Crippen LogP contribution in [-0.2, 0) is 0 Å². The van der Waals surface area contributed by atoms with Crippen molar-refractivity contribution < 1.29 is 14.3 Å². The van der Waals surface area contributed by atoms with Gasteiger partial charge in [0.05, 0.1) is 19.9 Å². The molecule has 1 N–H and O–H groups in total. The molecule has 1 aliphatic heterocycles. The van der Waals surface area contributed by atoms with E-state index < -0.39 is 0 Å². The van der Waals surface area contributed by atoms with Gasteiger partial charge in [-0.3, -0.25) is 4.79 Å². The van der Waals surface area contributed by atoms with E-state index in [2.05, 4.69) is 20.2 Å². The topological polar surface area (TPSA) is 76.6 Å². The second-order valence-electron chi connectivity index (χ2n) is 6.18. The zero-order chi connectivity index (χ0) is 18.4. The van der Waals surface area contributed by atoms with Crippen molar-refractivity contribution in [2.24, 2.45) is 0 Å². The first kappa shape index (κ1) is 18.0. The molecule has 1 aromatic carbocycles. The third kappa shape index (κ3) is 4.22. The first-order chi connectivity index (χ1) is 12.7. The lowest BCUT2D eigenvalue weighted by atomic mass is 10.2. The third-order valence-corrected chi connectivity index (χ3v) is 4.47. The Bertz CT molecular complexity index is 758. The largest absolute Gasteiger partial charge is 0.497 e. The number of amides is 1. The summed E-state index contributed by atoms with van der Waals surface area (Å²) in [7, 11) is 3.13. The van der Waals surface area contributed by atoms with Gasteiger partial charge >= 0.3 is 0 Å². The quantitative estimate of drug-likeness (QED) is 0.887. The first-order valence-electron chi connectivity index (χ1n) is 8.81. The number of carbonyl (C=O) groups is 1. The molecule has 0 unspecified atom stereocenters. The zero-order valence-corrected chi connectivity index (χ0v) is 15.2. The molecule has 1 saturated heterocycles. The van der Waals surface area contributed by atoms with Crippen LogP contribution in [0, 0.1) is 0 Å². The number of nitrogens with one attached hydrogen (secondary N) is 1. The molecule has 0 spiro atoms. The van der Waals surface area contributed by atoms with Gasteiger partial charge in [0.1, 0.15) is 29.3 Å². The molecule has 7 heteroatoms. The lowest BCUT2D eigenvalue weighted by Gasteiger charge is -2.21. The van der Waals surface area contributed by atoms with Gasteiger partial charge in [0.2, 0.25) is 0 Å². The molecule has 1 fully saturated rings. The minimum absolute atomic E-state index is 0.299. The number of rotatable bonds is 5. The summed E-state index contributed by atoms with van der Waals surface area (Å²) in [5.41, 5.74) is 0.894. The highest BCUT2D eigenvalue weighted by atomic mass is 16.5. The van der Waals surface area contributed by atoms with Crippen LogP contribution in [0.3, 0.4) is 0 Å². The Hall–Kier alpha value is -2.83. The molecule has 2 aromatic rings. The summed E-state index contributed by atoms with van der Waals surface area (Å²) in [4.78, 5) is 23.3. The maximum Gasteiger partial charge on any atom is 0.274 e. The Balaban J connectivity index is 1.77. The monoisotopic (exact) mass is 356 g/mol. The maximum atomic E-state index is 12.6. The summed E-state index contributed by atoms with van der Waals surface area (Å²) in [6.07, 6.45) is 6.22. The van der Waals surface area contributed by atoms with Crippen molar-refractivity contribution in [1.82, 2.24) is 9.97 Å². The molecule has 138 valence electrons. The van der Waals surface area contributed by atoms with Crippen molar-refractivity contribution in [3.8, 4) is 11.5 Å². The predicted octanol–water partition coefficient (Wildman–Crippen LogP) is 3.13. The van der Waals surface area contributed by atoms with E-state index >= 15 is 0 Å². The van der Waals surface area contributed by atoms with Gasteiger partial charge in [-0.1, -0.05) is 12.8 Å². The molecule has 0 radical (unpaired) electrons. The fraction of sp³-hybridized carbons (Fsp3) is 0.421. The molecule has 1 aromatic heterocycles. The molecule has 1 amide bonds. The van der Waals surface area contributed by atoms with Crippen molar-refractivity contribution in [1.29, 1.82) is 0 Å². The van der Waals surface area contributed by atoms with Crippen LogP contribution in [0.25, 0.3) is 0 Å². The van der Waals surface area contributed by atoms with Gasteiger partial charge in [0.15, 0.2) is 0 Å². The highest BCUT2D eigenvalue weighted by molar-refractivity contribution is 6.04. The molecular formula is C19H24N4O3. The SMILES string of the molecule is COc1ccc(NC(=O)c2cc(N3CCCCCC3)ncn2)c(OC)c1. The molecule has 26 heavy (non-hydrogen) atoms. The van der Waals surface area contributed by atoms with Crippen LogP contribution in [0.1, 0.15) is 36.2 Å². The minimum Gasteiger partial charge on any atom is -0.497 e. The van der Waals surface area contributed by atoms with Gasteiger partial charge in [0, 0.05) is 25.2 Å². The van der Waals surface area contributed by atoms with Crippen LogP contribution in [-0.4, -0.2) is 43.2 Å². The number of benzene rings is 1. The number of carbonyl (C=O) groups excluding carboxylic acids is 1. The summed E-state index contributed by atoms with van der Waals surface area (Å²) in [5.74, 6) is 1.69. The van der Waals surface area contributed by atoms with E-state index in [-0.39, 0.29) is 5.91 Å². The Kier molecular flexibility index (Phi) is 5.88. The third-order valence-electron chi connectivity index (χ3n) is 4.47. The molecule has 1 aliphatic rings. The number of hydrogen-bond acceptors (Lipinski definition) is 6. The number of anilines is 2. The Morgan fingerprint density at radius 3 is 2.50 bits per heavy atom. The molecule has 0 aliphatic carbocycles. The van der Waals surface area contributed by atoms with Crippen molar-refractivity contribution in [3.63, 3.8) is 0 Å². The van der Waals surface area contributed by atoms with Gasteiger partial charge in [-0.2, -0.15) is 0 Å². The van der Waals surface area contributed by atoms with Crippen LogP contribution >= 0.6 is 0 Å². The number of hydrogen-bond donors (Lipinski definition) is 1. The Morgan fingerprint density at radius 1 is 1.04 bits per heavy atom. The molecule has 7 nitrogen and oxygen atoms in total. The smallest absolute Gasteiger partial charge is 0.274 e. The number of nitrogens with zero attached hydrogens (tertiary/aromatic N) is 3. The Labute approximate surface area is 153 Å². The maximum absolute atomic E-state index is 12.6. The number of methoxy groups -OCH3 is 2. The van der Waals surface area contributed by atoms with E-state index in [4.69, 9.17) is 9.47 Å². The second kappa shape index (κ2) is 8.51. The normalized spacial score (nSPS) is 14.5. The van der Waals surface area contributed by atoms with Crippen LogP contribution in [0.2, 0.25) is 0 Å². The first-order valence-corrected chi connectivity index (χ1v) is 8.81. The molecule has 0 atom stereocenters. The lowest BCUT2D eigenvalue weighted by molar-refractivity contribution is 0.102. The lowest BCUT2D eigenvalue weighted by Crippen LogP contribution is -2.25. The predicted molar refractivity (Wildman–Crippen MR) is 100 cm³/mol. The van der Waals surface area contributed by atoms with E-state index in [1.54, 1.807) is 38.5 Å². The van der Waals surface area contributed by atoms with E-state index in [1.165, 1.54) is 19.2 Å². The molecular weight excluding hydrogens is 332 g/mol. The summed E-state index contributed by atoms with van der Waals surface area (Å²) >= 11 is 0. The van der Waals surface area contributed by atoms with Crippen molar-refractivity contribution in [3.05, 3.63) is 36.3 Å². The van der Waals surface area contributed by atoms with Crippen molar-refractivity contribution in [2.75, 3.05) is 37.5 Å². The molecule has 0 bridgehead atoms. The number of aromatic nitrogens is 2. The van der Waals surface area contributed by atoms with E-state index in [0.717, 1.165) is 31.7 Å². The highest BCUT2D eigenvalue weighted by Crippen LogP contribution is 2.29. The van der Waals surface area contributed by atoms with Gasteiger partial charge in [-0.05, 0) is 25.0 Å². The molecule has 2 heterocycles. The summed E-state index contributed by atoms with van der Waals surface area (Å²) in [5, 5.41) is 2.84. The van der Waals surface area contributed by atoms with Crippen LogP contribution < -0.4 is 19.7 Å².